The molecular weight excluding hydrogens is 318 g/mol. The largest absolute Gasteiger partial charge is 0.394 e. The Morgan fingerprint density at radius 2 is 2.28 bits per heavy atom. The number of rotatable bonds is 6. The molecule has 0 aliphatic heterocycles. The van der Waals surface area contributed by atoms with E-state index in [1.54, 1.807) is 23.1 Å². The summed E-state index contributed by atoms with van der Waals surface area (Å²) in [6.45, 7) is 0.470. The number of aromatic nitrogens is 3. The van der Waals surface area contributed by atoms with Crippen molar-refractivity contribution in [3.05, 3.63) is 54.5 Å². The predicted octanol–water partition coefficient (Wildman–Crippen LogP) is 2.17. The lowest BCUT2D eigenvalue weighted by molar-refractivity contribution is 0.189. The first-order valence-corrected chi connectivity index (χ1v) is 8.51. The van der Waals surface area contributed by atoms with Crippen molar-refractivity contribution in [3.63, 3.8) is 0 Å². The average molecular weight is 341 g/mol. The van der Waals surface area contributed by atoms with Crippen molar-refractivity contribution in [2.75, 3.05) is 11.9 Å². The van der Waals surface area contributed by atoms with Crippen molar-refractivity contribution in [1.82, 2.24) is 20.1 Å². The van der Waals surface area contributed by atoms with Gasteiger partial charge in [0.2, 0.25) is 0 Å². The van der Waals surface area contributed by atoms with Gasteiger partial charge >= 0.3 is 6.03 Å². The molecule has 1 aliphatic rings. The average Bonchev–Trinajstić information content (AvgIpc) is 3.08. The number of aliphatic hydroxyl groups is 1. The van der Waals surface area contributed by atoms with Crippen LogP contribution in [0.15, 0.2) is 48.8 Å². The minimum absolute atomic E-state index is 0.0694. The molecule has 0 bridgehead atoms. The molecule has 0 radical (unpaired) electrons. The van der Waals surface area contributed by atoms with E-state index in [9.17, 15) is 9.90 Å². The maximum atomic E-state index is 12.2. The van der Waals surface area contributed by atoms with E-state index in [0.717, 1.165) is 25.0 Å². The second-order valence-electron chi connectivity index (χ2n) is 6.15. The summed E-state index contributed by atoms with van der Waals surface area (Å²) in [6, 6.07) is 6.85. The third-order valence-corrected chi connectivity index (χ3v) is 4.32. The van der Waals surface area contributed by atoms with E-state index in [2.05, 4.69) is 32.9 Å². The van der Waals surface area contributed by atoms with E-state index >= 15 is 0 Å². The Kier molecular flexibility index (Phi) is 5.79. The number of amides is 2. The van der Waals surface area contributed by atoms with Crippen LogP contribution in [0.2, 0.25) is 0 Å². The molecule has 0 saturated carbocycles. The quantitative estimate of drug-likeness (QED) is 0.702. The summed E-state index contributed by atoms with van der Waals surface area (Å²) >= 11 is 0. The van der Waals surface area contributed by atoms with E-state index < -0.39 is 0 Å². The normalized spacial score (nSPS) is 17.9. The van der Waals surface area contributed by atoms with Crippen molar-refractivity contribution in [2.45, 2.75) is 31.8 Å². The Morgan fingerprint density at radius 1 is 1.36 bits per heavy atom. The zero-order valence-corrected chi connectivity index (χ0v) is 14.0. The fourth-order valence-electron chi connectivity index (χ4n) is 2.99. The molecule has 3 rings (SSSR count). The molecule has 0 saturated heterocycles. The lowest BCUT2D eigenvalue weighted by atomic mass is 9.88. The maximum absolute atomic E-state index is 12.2. The lowest BCUT2D eigenvalue weighted by Gasteiger charge is -2.27. The van der Waals surface area contributed by atoms with Crippen molar-refractivity contribution < 1.29 is 9.90 Å². The molecule has 25 heavy (non-hydrogen) atoms. The van der Waals surface area contributed by atoms with Gasteiger partial charge in [0.15, 0.2) is 5.82 Å². The van der Waals surface area contributed by atoms with Gasteiger partial charge in [-0.1, -0.05) is 18.2 Å². The molecule has 132 valence electrons. The second kappa shape index (κ2) is 8.43. The van der Waals surface area contributed by atoms with Gasteiger partial charge in [0, 0.05) is 18.5 Å². The SMILES string of the molecule is O=C(Nc1ccn(Cc2ccccn2)n1)NC(CO)C1CC=CCC1. The minimum atomic E-state index is -0.350. The summed E-state index contributed by atoms with van der Waals surface area (Å²) in [7, 11) is 0. The molecule has 2 aromatic heterocycles. The van der Waals surface area contributed by atoms with Crippen LogP contribution in [0, 0.1) is 5.92 Å². The number of nitrogens with zero attached hydrogens (tertiary/aromatic N) is 3. The van der Waals surface area contributed by atoms with Gasteiger partial charge < -0.3 is 10.4 Å². The molecule has 3 N–H and O–H groups in total. The maximum Gasteiger partial charge on any atom is 0.320 e. The van der Waals surface area contributed by atoms with Crippen molar-refractivity contribution in [3.8, 4) is 0 Å². The highest BCUT2D eigenvalue weighted by Gasteiger charge is 2.23. The van der Waals surface area contributed by atoms with Crippen LogP contribution >= 0.6 is 0 Å². The fourth-order valence-corrected chi connectivity index (χ4v) is 2.99. The number of carbonyl (C=O) groups is 1. The van der Waals surface area contributed by atoms with Crippen molar-refractivity contribution >= 4 is 11.8 Å². The highest BCUT2D eigenvalue weighted by atomic mass is 16.3. The van der Waals surface area contributed by atoms with Crippen LogP contribution in [0.5, 0.6) is 0 Å². The van der Waals surface area contributed by atoms with Crippen molar-refractivity contribution in [2.24, 2.45) is 5.92 Å². The first kappa shape index (κ1) is 17.2. The van der Waals surface area contributed by atoms with Crippen LogP contribution in [0.1, 0.15) is 25.0 Å². The minimum Gasteiger partial charge on any atom is -0.394 e. The summed E-state index contributed by atoms with van der Waals surface area (Å²) in [5, 5.41) is 19.5. The molecule has 7 heteroatoms. The van der Waals surface area contributed by atoms with Gasteiger partial charge in [0.1, 0.15) is 0 Å². The molecule has 0 aromatic carbocycles. The number of aliphatic hydroxyl groups excluding tert-OH is 1. The van der Waals surface area contributed by atoms with E-state index in [4.69, 9.17) is 0 Å². The summed E-state index contributed by atoms with van der Waals surface area (Å²) < 4.78 is 1.72. The third-order valence-electron chi connectivity index (χ3n) is 4.32. The van der Waals surface area contributed by atoms with Gasteiger partial charge in [0.25, 0.3) is 0 Å². The van der Waals surface area contributed by atoms with Gasteiger partial charge in [-0.05, 0) is 37.3 Å². The van der Waals surface area contributed by atoms with Gasteiger partial charge in [-0.3, -0.25) is 15.0 Å². The number of urea groups is 1. The Hall–Kier alpha value is -2.67. The molecule has 0 fully saturated rings. The molecule has 0 spiro atoms. The second-order valence-corrected chi connectivity index (χ2v) is 6.15. The van der Waals surface area contributed by atoms with Crippen LogP contribution in [0.25, 0.3) is 0 Å². The Labute approximate surface area is 146 Å². The lowest BCUT2D eigenvalue weighted by Crippen LogP contribution is -2.45. The molecule has 7 nitrogen and oxygen atoms in total. The number of pyridine rings is 1. The molecular formula is C18H23N5O2. The van der Waals surface area contributed by atoms with Crippen LogP contribution < -0.4 is 10.6 Å². The topological polar surface area (TPSA) is 92.1 Å². The van der Waals surface area contributed by atoms with Crippen LogP contribution in [-0.4, -0.2) is 38.6 Å². The summed E-state index contributed by atoms with van der Waals surface area (Å²) in [5.41, 5.74) is 0.896. The number of carbonyl (C=O) groups excluding carboxylic acids is 1. The zero-order valence-electron chi connectivity index (χ0n) is 14.0. The molecule has 2 amide bonds. The molecule has 2 heterocycles. The molecule has 2 unspecified atom stereocenters. The highest BCUT2D eigenvalue weighted by Crippen LogP contribution is 2.21. The van der Waals surface area contributed by atoms with Gasteiger partial charge in [-0.25, -0.2) is 4.79 Å². The van der Waals surface area contributed by atoms with Crippen LogP contribution in [0.3, 0.4) is 0 Å². The number of anilines is 1. The van der Waals surface area contributed by atoms with Crippen LogP contribution in [0.4, 0.5) is 10.6 Å². The smallest absolute Gasteiger partial charge is 0.320 e. The molecule has 2 atom stereocenters. The van der Waals surface area contributed by atoms with E-state index in [-0.39, 0.29) is 24.6 Å². The van der Waals surface area contributed by atoms with E-state index in [1.807, 2.05) is 18.2 Å². The third kappa shape index (κ3) is 4.90. The summed E-state index contributed by atoms with van der Waals surface area (Å²) in [4.78, 5) is 16.4. The van der Waals surface area contributed by atoms with E-state index in [1.165, 1.54) is 0 Å². The highest BCUT2D eigenvalue weighted by molar-refractivity contribution is 5.88. The van der Waals surface area contributed by atoms with E-state index in [0.29, 0.717) is 12.4 Å². The Balaban J connectivity index is 1.53. The van der Waals surface area contributed by atoms with Gasteiger partial charge in [0.05, 0.1) is 24.9 Å². The Bertz CT molecular complexity index is 713. The number of hydrogen-bond acceptors (Lipinski definition) is 4. The fraction of sp³-hybridized carbons (Fsp3) is 0.389. The monoisotopic (exact) mass is 341 g/mol. The number of nitrogens with one attached hydrogen (secondary N) is 2. The molecule has 1 aliphatic carbocycles. The summed E-state index contributed by atoms with van der Waals surface area (Å²) in [6.07, 6.45) is 10.6. The predicted molar refractivity (Wildman–Crippen MR) is 95.1 cm³/mol. The Morgan fingerprint density at radius 3 is 3.00 bits per heavy atom. The first-order valence-electron chi connectivity index (χ1n) is 8.51. The summed E-state index contributed by atoms with van der Waals surface area (Å²) in [5.74, 6) is 0.733. The number of hydrogen-bond donors (Lipinski definition) is 3. The number of allylic oxidation sites excluding steroid dienone is 2. The van der Waals surface area contributed by atoms with Crippen molar-refractivity contribution in [1.29, 1.82) is 0 Å². The standard InChI is InChI=1S/C18H23N5O2/c24-13-16(14-6-2-1-3-7-14)20-18(25)21-17-9-11-23(22-17)12-15-8-4-5-10-19-15/h1-2,4-5,8-11,14,16,24H,3,6-7,12-13H2,(H2,20,21,22,25). The van der Waals surface area contributed by atoms with Crippen LogP contribution in [-0.2, 0) is 6.54 Å². The molecule has 2 aromatic rings. The van der Waals surface area contributed by atoms with Gasteiger partial charge in [-0.2, -0.15) is 5.10 Å². The zero-order chi connectivity index (χ0) is 17.5. The first-order chi connectivity index (χ1) is 12.2. The van der Waals surface area contributed by atoms with Gasteiger partial charge in [-0.15, -0.1) is 0 Å².